The Morgan fingerprint density at radius 2 is 2.26 bits per heavy atom. The van der Waals surface area contributed by atoms with E-state index in [1.165, 1.54) is 0 Å². The summed E-state index contributed by atoms with van der Waals surface area (Å²) in [7, 11) is 3.86. The van der Waals surface area contributed by atoms with Gasteiger partial charge in [0.05, 0.1) is 0 Å². The lowest BCUT2D eigenvalue weighted by molar-refractivity contribution is 0.0686. The summed E-state index contributed by atoms with van der Waals surface area (Å²) in [6.45, 7) is 0.0263. The van der Waals surface area contributed by atoms with Crippen LogP contribution in [0, 0.1) is 0 Å². The van der Waals surface area contributed by atoms with E-state index in [4.69, 9.17) is 14.3 Å². The number of nitrogens with zero attached hydrogens (tertiary/aromatic N) is 2. The molecule has 0 aliphatic heterocycles. The van der Waals surface area contributed by atoms with E-state index in [0.717, 1.165) is 12.1 Å². The number of carboxylic acid groups (broad SMARTS) is 1. The lowest BCUT2D eigenvalue weighted by Gasteiger charge is -2.13. The second kappa shape index (κ2) is 5.43. The molecule has 2 rings (SSSR count). The number of benzene rings is 1. The highest BCUT2D eigenvalue weighted by molar-refractivity contribution is 5.86. The largest absolute Gasteiger partial charge is 0.485 e. The summed E-state index contributed by atoms with van der Waals surface area (Å²) in [4.78, 5) is 16.4. The Labute approximate surface area is 110 Å². The Hall–Kier alpha value is -2.50. The molecule has 0 fully saturated rings. The van der Waals surface area contributed by atoms with Gasteiger partial charge in [-0.05, 0) is 12.1 Å². The van der Waals surface area contributed by atoms with Crippen LogP contribution in [0.4, 0.5) is 5.69 Å². The van der Waals surface area contributed by atoms with Gasteiger partial charge in [-0.15, -0.1) is 0 Å². The van der Waals surface area contributed by atoms with Gasteiger partial charge in [-0.2, -0.15) is 0 Å². The van der Waals surface area contributed by atoms with Gasteiger partial charge in [0.15, 0.2) is 17.8 Å². The molecule has 19 heavy (non-hydrogen) atoms. The molecule has 0 aliphatic rings. The van der Waals surface area contributed by atoms with Crippen molar-refractivity contribution in [3.05, 3.63) is 42.1 Å². The number of aromatic carboxylic acids is 1. The van der Waals surface area contributed by atoms with Gasteiger partial charge >= 0.3 is 5.97 Å². The maximum Gasteiger partial charge on any atom is 0.358 e. The molecule has 0 radical (unpaired) electrons. The molecule has 100 valence electrons. The first-order valence-corrected chi connectivity index (χ1v) is 5.64. The van der Waals surface area contributed by atoms with Crippen LogP contribution >= 0.6 is 0 Å². The third-order valence-electron chi connectivity index (χ3n) is 2.55. The molecule has 0 spiro atoms. The van der Waals surface area contributed by atoms with Gasteiger partial charge in [-0.25, -0.2) is 9.78 Å². The number of oxazole rings is 1. The van der Waals surface area contributed by atoms with Gasteiger partial charge < -0.3 is 19.2 Å². The van der Waals surface area contributed by atoms with Crippen LogP contribution in [0.2, 0.25) is 0 Å². The lowest BCUT2D eigenvalue weighted by atomic mass is 10.3. The average Bonchev–Trinajstić information content (AvgIpc) is 2.85. The van der Waals surface area contributed by atoms with Gasteiger partial charge in [0.1, 0.15) is 12.4 Å². The van der Waals surface area contributed by atoms with Crippen LogP contribution in [-0.4, -0.2) is 30.2 Å². The predicted octanol–water partition coefficient (Wildman–Crippen LogP) is 2.02. The van der Waals surface area contributed by atoms with E-state index in [-0.39, 0.29) is 18.1 Å². The van der Waals surface area contributed by atoms with Gasteiger partial charge in [0.25, 0.3) is 0 Å². The zero-order valence-corrected chi connectivity index (χ0v) is 10.7. The smallest absolute Gasteiger partial charge is 0.358 e. The van der Waals surface area contributed by atoms with E-state index in [1.54, 1.807) is 6.07 Å². The first-order valence-electron chi connectivity index (χ1n) is 5.64. The first-order chi connectivity index (χ1) is 9.08. The molecule has 0 saturated carbocycles. The molecule has 6 heteroatoms. The van der Waals surface area contributed by atoms with Crippen LogP contribution in [0.15, 0.2) is 35.1 Å². The highest BCUT2D eigenvalue weighted by Crippen LogP contribution is 2.20. The zero-order chi connectivity index (χ0) is 13.8. The van der Waals surface area contributed by atoms with Crippen LogP contribution in [0.25, 0.3) is 0 Å². The quantitative estimate of drug-likeness (QED) is 0.888. The maximum atomic E-state index is 10.9. The minimum Gasteiger partial charge on any atom is -0.485 e. The molecular weight excluding hydrogens is 248 g/mol. The van der Waals surface area contributed by atoms with Crippen LogP contribution < -0.4 is 9.64 Å². The van der Waals surface area contributed by atoms with E-state index in [2.05, 4.69) is 4.98 Å². The Morgan fingerprint density at radius 3 is 2.95 bits per heavy atom. The molecule has 1 aromatic heterocycles. The van der Waals surface area contributed by atoms with Crippen molar-refractivity contribution >= 4 is 11.7 Å². The van der Waals surface area contributed by atoms with E-state index in [9.17, 15) is 4.79 Å². The highest BCUT2D eigenvalue weighted by Gasteiger charge is 2.15. The summed E-state index contributed by atoms with van der Waals surface area (Å²) in [5.41, 5.74) is 0.872. The number of carboxylic acids is 1. The molecule has 1 aromatic carbocycles. The summed E-state index contributed by atoms with van der Waals surface area (Å²) in [5, 5.41) is 8.88. The number of rotatable bonds is 5. The van der Waals surface area contributed by atoms with Crippen molar-refractivity contribution < 1.29 is 19.1 Å². The molecule has 0 unspecified atom stereocenters. The summed E-state index contributed by atoms with van der Waals surface area (Å²) in [6, 6.07) is 7.47. The topological polar surface area (TPSA) is 75.8 Å². The van der Waals surface area contributed by atoms with Crippen molar-refractivity contribution in [3.8, 4) is 5.75 Å². The molecule has 1 N–H and O–H groups in total. The van der Waals surface area contributed by atoms with Crippen molar-refractivity contribution in [1.29, 1.82) is 0 Å². The van der Waals surface area contributed by atoms with Crippen molar-refractivity contribution in [2.24, 2.45) is 0 Å². The highest BCUT2D eigenvalue weighted by atomic mass is 16.5. The summed E-state index contributed by atoms with van der Waals surface area (Å²) < 4.78 is 10.5. The van der Waals surface area contributed by atoms with Crippen molar-refractivity contribution in [1.82, 2.24) is 4.98 Å². The minimum atomic E-state index is -1.13. The molecule has 6 nitrogen and oxygen atoms in total. The fourth-order valence-corrected chi connectivity index (χ4v) is 1.55. The molecule has 0 bridgehead atoms. The average molecular weight is 262 g/mol. The van der Waals surface area contributed by atoms with Crippen molar-refractivity contribution in [3.63, 3.8) is 0 Å². The zero-order valence-electron chi connectivity index (χ0n) is 10.7. The van der Waals surface area contributed by atoms with Gasteiger partial charge in [-0.1, -0.05) is 6.07 Å². The Kier molecular flexibility index (Phi) is 3.70. The summed E-state index contributed by atoms with van der Waals surface area (Å²) >= 11 is 0. The van der Waals surface area contributed by atoms with E-state index in [0.29, 0.717) is 5.75 Å². The molecule has 0 amide bonds. The second-order valence-corrected chi connectivity index (χ2v) is 4.11. The lowest BCUT2D eigenvalue weighted by Crippen LogP contribution is -2.08. The van der Waals surface area contributed by atoms with Crippen LogP contribution in [0.3, 0.4) is 0 Å². The molecular formula is C13H14N2O4. The molecule has 0 saturated heterocycles. The molecule has 0 atom stereocenters. The summed E-state index contributed by atoms with van der Waals surface area (Å²) in [5.74, 6) is -0.295. The predicted molar refractivity (Wildman–Crippen MR) is 68.6 cm³/mol. The fourth-order valence-electron chi connectivity index (χ4n) is 1.55. The SMILES string of the molecule is CN(C)c1cccc(OCc2ocnc2C(=O)O)c1. The second-order valence-electron chi connectivity index (χ2n) is 4.11. The Bertz CT molecular complexity index is 578. The number of hydrogen-bond donors (Lipinski definition) is 1. The number of aromatic nitrogens is 1. The Morgan fingerprint density at radius 1 is 1.47 bits per heavy atom. The maximum absolute atomic E-state index is 10.9. The fraction of sp³-hybridized carbons (Fsp3) is 0.231. The van der Waals surface area contributed by atoms with Gasteiger partial charge in [-0.3, -0.25) is 0 Å². The number of anilines is 1. The summed E-state index contributed by atoms with van der Waals surface area (Å²) in [6.07, 6.45) is 1.10. The molecule has 1 heterocycles. The van der Waals surface area contributed by atoms with Crippen LogP contribution in [0.5, 0.6) is 5.75 Å². The third kappa shape index (κ3) is 3.04. The minimum absolute atomic E-state index is 0.0263. The number of ether oxygens (including phenoxy) is 1. The van der Waals surface area contributed by atoms with E-state index in [1.807, 2.05) is 37.2 Å². The number of carbonyl (C=O) groups is 1. The van der Waals surface area contributed by atoms with E-state index >= 15 is 0 Å². The van der Waals surface area contributed by atoms with Crippen molar-refractivity contribution in [2.75, 3.05) is 19.0 Å². The standard InChI is InChI=1S/C13H14N2O4/c1-15(2)9-4-3-5-10(6-9)18-7-11-12(13(16)17)14-8-19-11/h3-6,8H,7H2,1-2H3,(H,16,17). The molecule has 2 aromatic rings. The number of hydrogen-bond acceptors (Lipinski definition) is 5. The molecule has 0 aliphatic carbocycles. The monoisotopic (exact) mass is 262 g/mol. The van der Waals surface area contributed by atoms with Crippen LogP contribution in [-0.2, 0) is 6.61 Å². The third-order valence-corrected chi connectivity index (χ3v) is 2.55. The first kappa shape index (κ1) is 12.9. The van der Waals surface area contributed by atoms with E-state index < -0.39 is 5.97 Å². The van der Waals surface area contributed by atoms with Crippen molar-refractivity contribution in [2.45, 2.75) is 6.61 Å². The van der Waals surface area contributed by atoms with Gasteiger partial charge in [0, 0.05) is 25.8 Å². The Balaban J connectivity index is 2.08. The van der Waals surface area contributed by atoms with Crippen LogP contribution in [0.1, 0.15) is 16.2 Å². The normalized spacial score (nSPS) is 10.2. The van der Waals surface area contributed by atoms with Gasteiger partial charge in [0.2, 0.25) is 0 Å².